The Labute approximate surface area is 174 Å². The Morgan fingerprint density at radius 1 is 1.00 bits per heavy atom. The van der Waals surface area contributed by atoms with Crippen molar-refractivity contribution in [3.63, 3.8) is 0 Å². The molecule has 0 aromatic rings. The van der Waals surface area contributed by atoms with Crippen molar-refractivity contribution < 1.29 is 29.1 Å². The van der Waals surface area contributed by atoms with Gasteiger partial charge in [-0.05, 0) is 33.1 Å². The Bertz CT molecular complexity index is 649. The molecular weight excluding hydrogens is 398 g/mol. The highest BCUT2D eigenvalue weighted by molar-refractivity contribution is 5.93. The zero-order valence-corrected chi connectivity index (χ0v) is 17.1. The monoisotopic (exact) mass is 429 g/mol. The average molecular weight is 429 g/mol. The molecule has 30 heavy (non-hydrogen) atoms. The molecule has 0 radical (unpaired) electrons. The molecule has 0 spiro atoms. The minimum Gasteiger partial charge on any atom is -0.481 e. The number of hydrogen-bond acceptors (Lipinski definition) is 7. The summed E-state index contributed by atoms with van der Waals surface area (Å²) in [5.74, 6) is -3.25. The summed E-state index contributed by atoms with van der Waals surface area (Å²) in [6.07, 6.45) is 0.575. The van der Waals surface area contributed by atoms with Gasteiger partial charge in [0.2, 0.25) is 17.7 Å². The number of rotatable bonds is 14. The van der Waals surface area contributed by atoms with Gasteiger partial charge in [-0.25, -0.2) is 0 Å². The Balaban J connectivity index is 4.98. The third-order valence-electron chi connectivity index (χ3n) is 3.91. The molecule has 10 N–H and O–H groups in total. The lowest BCUT2D eigenvalue weighted by molar-refractivity contribution is -0.138. The fraction of sp³-hybridized carbons (Fsp3) is 0.647. The molecule has 0 saturated carbocycles. The van der Waals surface area contributed by atoms with Gasteiger partial charge in [-0.2, -0.15) is 0 Å². The molecule has 13 heteroatoms. The van der Waals surface area contributed by atoms with Crippen LogP contribution in [-0.2, 0) is 24.0 Å². The zero-order valence-electron chi connectivity index (χ0n) is 17.1. The topological polar surface area (TPSA) is 232 Å². The molecule has 0 saturated heterocycles. The van der Waals surface area contributed by atoms with Gasteiger partial charge in [-0.3, -0.25) is 24.2 Å². The minimum atomic E-state index is -1.22. The Morgan fingerprint density at radius 2 is 1.63 bits per heavy atom. The van der Waals surface area contributed by atoms with Gasteiger partial charge >= 0.3 is 5.97 Å². The number of carboxylic acid groups (broad SMARTS) is 1. The molecule has 0 aliphatic carbocycles. The van der Waals surface area contributed by atoms with Crippen molar-refractivity contribution in [2.75, 3.05) is 6.54 Å². The third-order valence-corrected chi connectivity index (χ3v) is 3.91. The van der Waals surface area contributed by atoms with E-state index in [9.17, 15) is 24.0 Å². The number of aldehydes is 1. The summed E-state index contributed by atoms with van der Waals surface area (Å²) >= 11 is 0. The quantitative estimate of drug-likeness (QED) is 0.0641. The fourth-order valence-electron chi connectivity index (χ4n) is 2.22. The van der Waals surface area contributed by atoms with Crippen LogP contribution in [0.3, 0.4) is 0 Å². The number of carbonyl (C=O) groups excluding carboxylic acids is 4. The SMILES string of the molecule is C[C@H](N)C(=O)N[C@@H](C)C(=O)N[C@@H](CCC(=O)O)C(=O)N[C@H](C=O)CCCN=C(N)N. The van der Waals surface area contributed by atoms with E-state index in [0.717, 1.165) is 0 Å². The fourth-order valence-corrected chi connectivity index (χ4v) is 2.22. The van der Waals surface area contributed by atoms with Crippen molar-refractivity contribution in [1.82, 2.24) is 16.0 Å². The summed E-state index contributed by atoms with van der Waals surface area (Å²) in [6, 6.07) is -3.93. The minimum absolute atomic E-state index is 0.0941. The summed E-state index contributed by atoms with van der Waals surface area (Å²) in [4.78, 5) is 62.3. The summed E-state index contributed by atoms with van der Waals surface area (Å²) in [5, 5.41) is 16.1. The number of hydrogen-bond donors (Lipinski definition) is 7. The largest absolute Gasteiger partial charge is 0.481 e. The first-order valence-corrected chi connectivity index (χ1v) is 9.37. The number of nitrogens with zero attached hydrogens (tertiary/aromatic N) is 1. The summed E-state index contributed by atoms with van der Waals surface area (Å²) in [5.41, 5.74) is 15.8. The molecule has 0 heterocycles. The number of carboxylic acids is 1. The van der Waals surface area contributed by atoms with Gasteiger partial charge < -0.3 is 43.1 Å². The van der Waals surface area contributed by atoms with Crippen molar-refractivity contribution in [1.29, 1.82) is 0 Å². The van der Waals surface area contributed by atoms with E-state index in [0.29, 0.717) is 12.7 Å². The maximum Gasteiger partial charge on any atom is 0.303 e. The molecule has 3 amide bonds. The molecule has 0 rings (SSSR count). The number of carbonyl (C=O) groups is 5. The van der Waals surface area contributed by atoms with Gasteiger partial charge in [-0.15, -0.1) is 0 Å². The van der Waals surface area contributed by atoms with E-state index in [1.807, 2.05) is 0 Å². The molecule has 170 valence electrons. The van der Waals surface area contributed by atoms with Crippen LogP contribution in [0, 0.1) is 0 Å². The standard InChI is InChI=1S/C17H31N7O6/c1-9(18)14(28)22-10(2)15(29)24-12(5-6-13(26)27)16(30)23-11(8-25)4-3-7-21-17(19)20/h8-12H,3-7,18H2,1-2H3,(H,22,28)(H,23,30)(H,24,29)(H,26,27)(H4,19,20,21)/t9-,10-,11-,12-/m0/s1. The van der Waals surface area contributed by atoms with E-state index in [4.69, 9.17) is 22.3 Å². The first-order valence-electron chi connectivity index (χ1n) is 9.37. The molecule has 4 atom stereocenters. The van der Waals surface area contributed by atoms with Gasteiger partial charge in [0, 0.05) is 13.0 Å². The Hall–Kier alpha value is -3.22. The second-order valence-electron chi connectivity index (χ2n) is 6.71. The molecule has 0 unspecified atom stereocenters. The van der Waals surface area contributed by atoms with Crippen LogP contribution in [0.25, 0.3) is 0 Å². The van der Waals surface area contributed by atoms with Crippen molar-refractivity contribution >= 4 is 35.9 Å². The second kappa shape index (κ2) is 13.9. The molecule has 0 aromatic carbocycles. The highest BCUT2D eigenvalue weighted by Crippen LogP contribution is 2.02. The van der Waals surface area contributed by atoms with Crippen LogP contribution >= 0.6 is 0 Å². The number of amides is 3. The third kappa shape index (κ3) is 11.6. The van der Waals surface area contributed by atoms with Gasteiger partial charge in [0.25, 0.3) is 0 Å². The van der Waals surface area contributed by atoms with E-state index in [-0.39, 0.29) is 25.3 Å². The molecular formula is C17H31N7O6. The predicted molar refractivity (Wildman–Crippen MR) is 108 cm³/mol. The van der Waals surface area contributed by atoms with Crippen LogP contribution in [0.2, 0.25) is 0 Å². The van der Waals surface area contributed by atoms with Gasteiger partial charge in [0.15, 0.2) is 5.96 Å². The lowest BCUT2D eigenvalue weighted by atomic mass is 10.1. The van der Waals surface area contributed by atoms with Crippen LogP contribution < -0.4 is 33.2 Å². The van der Waals surface area contributed by atoms with Crippen molar-refractivity contribution in [3.8, 4) is 0 Å². The molecule has 0 bridgehead atoms. The Morgan fingerprint density at radius 3 is 2.13 bits per heavy atom. The van der Waals surface area contributed by atoms with E-state index in [1.165, 1.54) is 13.8 Å². The predicted octanol–water partition coefficient (Wildman–Crippen LogP) is -3.07. The van der Waals surface area contributed by atoms with Crippen LogP contribution in [0.5, 0.6) is 0 Å². The highest BCUT2D eigenvalue weighted by atomic mass is 16.4. The van der Waals surface area contributed by atoms with E-state index in [1.54, 1.807) is 0 Å². The molecule has 0 fully saturated rings. The van der Waals surface area contributed by atoms with Crippen LogP contribution in [0.4, 0.5) is 0 Å². The lowest BCUT2D eigenvalue weighted by Gasteiger charge is -2.23. The van der Waals surface area contributed by atoms with Gasteiger partial charge in [0.05, 0.1) is 12.1 Å². The number of aliphatic carboxylic acids is 1. The molecule has 0 aliphatic rings. The maximum atomic E-state index is 12.5. The highest BCUT2D eigenvalue weighted by Gasteiger charge is 2.26. The average Bonchev–Trinajstić information content (AvgIpc) is 2.66. The second-order valence-corrected chi connectivity index (χ2v) is 6.71. The van der Waals surface area contributed by atoms with Crippen molar-refractivity contribution in [3.05, 3.63) is 0 Å². The van der Waals surface area contributed by atoms with Crippen molar-refractivity contribution in [2.24, 2.45) is 22.2 Å². The molecule has 0 aliphatic heterocycles. The van der Waals surface area contributed by atoms with E-state index < -0.39 is 54.3 Å². The zero-order chi connectivity index (χ0) is 23.3. The van der Waals surface area contributed by atoms with Crippen LogP contribution in [0.1, 0.15) is 39.5 Å². The first kappa shape index (κ1) is 26.8. The lowest BCUT2D eigenvalue weighted by Crippen LogP contribution is -2.55. The molecule has 13 nitrogen and oxygen atoms in total. The molecule has 0 aromatic heterocycles. The van der Waals surface area contributed by atoms with Crippen molar-refractivity contribution in [2.45, 2.75) is 63.7 Å². The number of nitrogens with two attached hydrogens (primary N) is 3. The number of aliphatic imine (C=N–C) groups is 1. The maximum absolute atomic E-state index is 12.5. The Kier molecular flexibility index (Phi) is 12.4. The number of nitrogens with one attached hydrogen (secondary N) is 3. The normalized spacial score (nSPS) is 14.4. The van der Waals surface area contributed by atoms with Crippen LogP contribution in [-0.4, -0.2) is 71.8 Å². The summed E-state index contributed by atoms with van der Waals surface area (Å²) in [7, 11) is 0. The number of guanidine groups is 1. The van der Waals surface area contributed by atoms with Gasteiger partial charge in [-0.1, -0.05) is 0 Å². The smallest absolute Gasteiger partial charge is 0.303 e. The van der Waals surface area contributed by atoms with Crippen LogP contribution in [0.15, 0.2) is 4.99 Å². The van der Waals surface area contributed by atoms with Gasteiger partial charge in [0.1, 0.15) is 18.4 Å². The summed E-state index contributed by atoms with van der Waals surface area (Å²) in [6.45, 7) is 3.09. The van der Waals surface area contributed by atoms with E-state index in [2.05, 4.69) is 20.9 Å². The first-order chi connectivity index (χ1) is 14.0. The van der Waals surface area contributed by atoms with E-state index >= 15 is 0 Å². The summed E-state index contributed by atoms with van der Waals surface area (Å²) < 4.78 is 0.